The fraction of sp³-hybridized carbons (Fsp3) is 0. The van der Waals surface area contributed by atoms with Crippen LogP contribution in [0, 0.1) is 0 Å². The number of nitrogens with one attached hydrogen (secondary N) is 1. The zero-order valence-corrected chi connectivity index (χ0v) is 6.23. The summed E-state index contributed by atoms with van der Waals surface area (Å²) in [5.41, 5.74) is 1.63. The smallest absolute Gasteiger partial charge is 0.177 e. The van der Waals surface area contributed by atoms with Crippen LogP contribution in [0.3, 0.4) is 0 Å². The molecule has 0 atom stereocenters. The maximum atomic E-state index is 5.52. The number of nitrogens with zero attached hydrogens (tertiary/aromatic N) is 3. The number of hydrogen-bond donors (Lipinski definition) is 1. The Kier molecular flexibility index (Phi) is 1.62. The van der Waals surface area contributed by atoms with E-state index >= 15 is 0 Å². The molecule has 0 saturated heterocycles. The molecule has 0 amide bonds. The molecule has 0 saturated carbocycles. The van der Waals surface area contributed by atoms with Crippen molar-refractivity contribution in [3.8, 4) is 11.4 Å². The zero-order valence-electron chi connectivity index (χ0n) is 6.23. The van der Waals surface area contributed by atoms with E-state index in [1.165, 1.54) is 0 Å². The van der Waals surface area contributed by atoms with Crippen LogP contribution in [0.15, 0.2) is 24.3 Å². The highest BCUT2D eigenvalue weighted by molar-refractivity contribution is 6.32. The van der Waals surface area contributed by atoms with Crippen LogP contribution in [0.1, 0.15) is 0 Å². The van der Waals surface area contributed by atoms with E-state index in [1.54, 1.807) is 12.1 Å². The molecule has 4 nitrogen and oxygen atoms in total. The maximum absolute atomic E-state index is 5.52. The molecule has 2 rings (SSSR count). The molecular weight excluding hydrogens is 151 g/mol. The third-order valence-corrected chi connectivity index (χ3v) is 1.51. The lowest BCUT2D eigenvalue weighted by Gasteiger charge is -1.93. The van der Waals surface area contributed by atoms with Crippen molar-refractivity contribution < 1.29 is 0 Å². The fourth-order valence-corrected chi connectivity index (χ4v) is 0.916. The van der Waals surface area contributed by atoms with E-state index in [0.29, 0.717) is 5.82 Å². The van der Waals surface area contributed by atoms with Crippen LogP contribution in [-0.2, 0) is 0 Å². The quantitative estimate of drug-likeness (QED) is 0.574. The monoisotopic (exact) mass is 156 g/mol. The Morgan fingerprint density at radius 3 is 2.50 bits per heavy atom. The van der Waals surface area contributed by atoms with Crippen molar-refractivity contribution in [2.75, 3.05) is 0 Å². The lowest BCUT2D eigenvalue weighted by molar-refractivity contribution is 0.881. The van der Waals surface area contributed by atoms with Crippen LogP contribution in [0.4, 0.5) is 0 Å². The van der Waals surface area contributed by atoms with Gasteiger partial charge in [0.15, 0.2) is 0 Å². The van der Waals surface area contributed by atoms with Crippen LogP contribution in [-0.4, -0.2) is 28.5 Å². The first-order valence-electron chi connectivity index (χ1n) is 3.45. The van der Waals surface area contributed by atoms with E-state index in [9.17, 15) is 0 Å². The molecule has 2 radical (unpaired) electrons. The van der Waals surface area contributed by atoms with Gasteiger partial charge >= 0.3 is 0 Å². The number of aromatic amines is 1. The van der Waals surface area contributed by atoms with Gasteiger partial charge < -0.3 is 0 Å². The summed E-state index contributed by atoms with van der Waals surface area (Å²) in [7, 11) is 5.52. The van der Waals surface area contributed by atoms with Crippen LogP contribution in [0.25, 0.3) is 11.4 Å². The largest absolute Gasteiger partial charge is 0.204 e. The second-order valence-corrected chi connectivity index (χ2v) is 2.36. The number of H-pyrrole nitrogens is 1. The molecular formula is C7H5BN4. The average Bonchev–Trinajstić information content (AvgIpc) is 2.58. The van der Waals surface area contributed by atoms with E-state index in [2.05, 4.69) is 20.6 Å². The molecule has 0 unspecified atom stereocenters. The summed E-state index contributed by atoms with van der Waals surface area (Å²) in [5, 5.41) is 13.5. The molecule has 1 N–H and O–H groups in total. The minimum Gasteiger partial charge on any atom is -0.177 e. The topological polar surface area (TPSA) is 54.5 Å². The van der Waals surface area contributed by atoms with E-state index in [1.807, 2.05) is 12.1 Å². The first-order valence-corrected chi connectivity index (χ1v) is 3.45. The summed E-state index contributed by atoms with van der Waals surface area (Å²) in [6, 6.07) is 7.29. The molecule has 0 bridgehead atoms. The summed E-state index contributed by atoms with van der Waals surface area (Å²) in [6.07, 6.45) is 0. The third kappa shape index (κ3) is 1.21. The maximum Gasteiger partial charge on any atom is 0.204 e. The minimum absolute atomic E-state index is 0.579. The van der Waals surface area contributed by atoms with Gasteiger partial charge in [-0.05, 0) is 5.21 Å². The van der Waals surface area contributed by atoms with E-state index in [0.717, 1.165) is 11.0 Å². The first-order chi connectivity index (χ1) is 5.86. The zero-order chi connectivity index (χ0) is 8.39. The number of hydrogen-bond acceptors (Lipinski definition) is 3. The van der Waals surface area contributed by atoms with Crippen LogP contribution in [0.5, 0.6) is 0 Å². The summed E-state index contributed by atoms with van der Waals surface area (Å²) in [6.45, 7) is 0. The van der Waals surface area contributed by atoms with Crippen molar-refractivity contribution in [1.29, 1.82) is 0 Å². The second-order valence-electron chi connectivity index (χ2n) is 2.36. The normalized spacial score (nSPS) is 10.0. The Morgan fingerprint density at radius 1 is 1.17 bits per heavy atom. The summed E-state index contributed by atoms with van der Waals surface area (Å²) < 4.78 is 0. The Bertz CT molecular complexity index is 353. The van der Waals surface area contributed by atoms with Crippen LogP contribution >= 0.6 is 0 Å². The van der Waals surface area contributed by atoms with Gasteiger partial charge in [-0.1, -0.05) is 29.7 Å². The molecule has 1 aromatic carbocycles. The molecule has 0 aliphatic rings. The predicted octanol–water partition coefficient (Wildman–Crippen LogP) is -0.340. The van der Waals surface area contributed by atoms with Crippen molar-refractivity contribution in [1.82, 2.24) is 20.6 Å². The third-order valence-electron chi connectivity index (χ3n) is 1.51. The van der Waals surface area contributed by atoms with Gasteiger partial charge in [-0.25, -0.2) is 0 Å². The Labute approximate surface area is 70.4 Å². The van der Waals surface area contributed by atoms with Gasteiger partial charge in [0.2, 0.25) is 5.82 Å². The van der Waals surface area contributed by atoms with Crippen molar-refractivity contribution in [3.63, 3.8) is 0 Å². The van der Waals surface area contributed by atoms with E-state index < -0.39 is 0 Å². The minimum atomic E-state index is 0.579. The van der Waals surface area contributed by atoms with Gasteiger partial charge in [-0.15, -0.1) is 10.2 Å². The lowest BCUT2D eigenvalue weighted by atomic mass is 9.95. The Balaban J connectivity index is 2.43. The standard InChI is InChI=1S/C7H5BN4/c8-6-3-1-5(2-4-6)7-9-11-12-10-7/h1-4H,(H,9,10,11,12). The van der Waals surface area contributed by atoms with Gasteiger partial charge in [0.05, 0.1) is 0 Å². The molecule has 2 aromatic rings. The van der Waals surface area contributed by atoms with E-state index in [4.69, 9.17) is 7.85 Å². The van der Waals surface area contributed by atoms with Crippen molar-refractivity contribution in [3.05, 3.63) is 24.3 Å². The molecule has 0 aliphatic carbocycles. The molecule has 1 heterocycles. The molecule has 0 spiro atoms. The van der Waals surface area contributed by atoms with Crippen LogP contribution in [0.2, 0.25) is 0 Å². The fourth-order valence-electron chi connectivity index (χ4n) is 0.916. The van der Waals surface area contributed by atoms with Crippen molar-refractivity contribution >= 4 is 13.3 Å². The highest BCUT2D eigenvalue weighted by atomic mass is 15.5. The van der Waals surface area contributed by atoms with Gasteiger partial charge in [0, 0.05) is 5.56 Å². The van der Waals surface area contributed by atoms with Gasteiger partial charge in [-0.2, -0.15) is 5.21 Å². The summed E-state index contributed by atoms with van der Waals surface area (Å²) in [4.78, 5) is 0. The van der Waals surface area contributed by atoms with Gasteiger partial charge in [0.25, 0.3) is 0 Å². The van der Waals surface area contributed by atoms with Crippen molar-refractivity contribution in [2.24, 2.45) is 0 Å². The Morgan fingerprint density at radius 2 is 1.92 bits per heavy atom. The number of benzene rings is 1. The predicted molar refractivity (Wildman–Crippen MR) is 45.0 cm³/mol. The molecule has 0 aliphatic heterocycles. The molecule has 12 heavy (non-hydrogen) atoms. The van der Waals surface area contributed by atoms with Gasteiger partial charge in [0.1, 0.15) is 7.85 Å². The first kappa shape index (κ1) is 7.03. The number of rotatable bonds is 1. The molecule has 56 valence electrons. The molecule has 5 heteroatoms. The van der Waals surface area contributed by atoms with Crippen molar-refractivity contribution in [2.45, 2.75) is 0 Å². The second kappa shape index (κ2) is 2.77. The summed E-state index contributed by atoms with van der Waals surface area (Å²) >= 11 is 0. The summed E-state index contributed by atoms with van der Waals surface area (Å²) in [5.74, 6) is 0.579. The molecule has 1 aromatic heterocycles. The number of tetrazole rings is 1. The SMILES string of the molecule is [B]c1ccc(-c2nn[nH]n2)cc1. The highest BCUT2D eigenvalue weighted by Crippen LogP contribution is 2.09. The Hall–Kier alpha value is -1.65. The van der Waals surface area contributed by atoms with Gasteiger partial charge in [-0.3, -0.25) is 0 Å². The number of aromatic nitrogens is 4. The lowest BCUT2D eigenvalue weighted by Crippen LogP contribution is -1.99. The van der Waals surface area contributed by atoms with E-state index in [-0.39, 0.29) is 0 Å². The molecule has 0 fully saturated rings. The highest BCUT2D eigenvalue weighted by Gasteiger charge is 1.99. The van der Waals surface area contributed by atoms with Crippen LogP contribution < -0.4 is 5.46 Å². The average molecular weight is 156 g/mol.